The van der Waals surface area contributed by atoms with Crippen LogP contribution in [0.3, 0.4) is 0 Å². The van der Waals surface area contributed by atoms with Crippen LogP contribution in [0.4, 0.5) is 0 Å². The monoisotopic (exact) mass is 320 g/mol. The fraction of sp³-hybridized carbons (Fsp3) is 0.438. The van der Waals surface area contributed by atoms with E-state index in [9.17, 15) is 0 Å². The summed E-state index contributed by atoms with van der Waals surface area (Å²) in [6.07, 6.45) is 1.30. The highest BCUT2D eigenvalue weighted by atomic mass is 32.1. The molecule has 5 heteroatoms. The fourth-order valence-electron chi connectivity index (χ4n) is 2.42. The van der Waals surface area contributed by atoms with E-state index in [0.29, 0.717) is 0 Å². The molecule has 3 nitrogen and oxygen atoms in total. The molecule has 1 atom stereocenters. The predicted octanol–water partition coefficient (Wildman–Crippen LogP) is 4.59. The predicted molar refractivity (Wildman–Crippen MR) is 93.0 cm³/mol. The first-order chi connectivity index (χ1) is 10.2. The number of nitrogens with one attached hydrogen (secondary N) is 1. The molecule has 0 amide bonds. The van der Waals surface area contributed by atoms with Crippen molar-refractivity contribution in [2.45, 2.75) is 33.3 Å². The van der Waals surface area contributed by atoms with Crippen molar-refractivity contribution in [3.63, 3.8) is 0 Å². The third-order valence-electron chi connectivity index (χ3n) is 3.35. The summed E-state index contributed by atoms with van der Waals surface area (Å²) in [6, 6.07) is 4.28. The Morgan fingerprint density at radius 3 is 3.10 bits per heavy atom. The van der Waals surface area contributed by atoms with Gasteiger partial charge in [-0.3, -0.25) is 0 Å². The first-order valence-corrected chi connectivity index (χ1v) is 9.03. The average Bonchev–Trinajstić information content (AvgIpc) is 3.04. The number of aryl methyl sites for hydroxylation is 1. The largest absolute Gasteiger partial charge is 0.489 e. The molecule has 2 heterocycles. The van der Waals surface area contributed by atoms with Crippen molar-refractivity contribution in [2.75, 3.05) is 13.1 Å². The first-order valence-electron chi connectivity index (χ1n) is 7.33. The summed E-state index contributed by atoms with van der Waals surface area (Å²) in [4.78, 5) is 4.66. The normalized spacial score (nSPS) is 13.1. The minimum absolute atomic E-state index is 0.158. The average molecular weight is 320 g/mol. The Bertz CT molecular complexity index is 747. The van der Waals surface area contributed by atoms with Crippen molar-refractivity contribution in [3.05, 3.63) is 22.5 Å². The van der Waals surface area contributed by atoms with E-state index in [2.05, 4.69) is 48.6 Å². The molecule has 21 heavy (non-hydrogen) atoms. The number of hydrogen-bond acceptors (Lipinski definition) is 5. The van der Waals surface area contributed by atoms with Gasteiger partial charge in [-0.05, 0) is 38.3 Å². The van der Waals surface area contributed by atoms with Gasteiger partial charge in [0.25, 0.3) is 0 Å². The van der Waals surface area contributed by atoms with Crippen LogP contribution in [0.15, 0.2) is 17.5 Å². The van der Waals surface area contributed by atoms with Gasteiger partial charge >= 0.3 is 0 Å². The lowest BCUT2D eigenvalue weighted by molar-refractivity contribution is 0.220. The second-order valence-electron chi connectivity index (χ2n) is 5.25. The molecule has 0 saturated carbocycles. The molecular formula is C16H20N2OS2. The van der Waals surface area contributed by atoms with Gasteiger partial charge in [-0.25, -0.2) is 4.98 Å². The Kier molecular flexibility index (Phi) is 4.42. The number of thiazole rings is 1. The molecule has 0 bridgehead atoms. The zero-order valence-electron chi connectivity index (χ0n) is 12.6. The smallest absolute Gasteiger partial charge is 0.130 e. The molecule has 0 spiro atoms. The van der Waals surface area contributed by atoms with Crippen molar-refractivity contribution in [3.8, 4) is 5.75 Å². The summed E-state index contributed by atoms with van der Waals surface area (Å²) in [5, 5.41) is 7.81. The van der Waals surface area contributed by atoms with Crippen LogP contribution in [0.1, 0.15) is 25.3 Å². The van der Waals surface area contributed by atoms with E-state index < -0.39 is 0 Å². The van der Waals surface area contributed by atoms with Crippen LogP contribution in [0.2, 0.25) is 0 Å². The lowest BCUT2D eigenvalue weighted by Gasteiger charge is -2.16. The molecule has 0 saturated heterocycles. The Balaban J connectivity index is 1.91. The molecule has 112 valence electrons. The van der Waals surface area contributed by atoms with Gasteiger partial charge in [0.2, 0.25) is 0 Å². The highest BCUT2D eigenvalue weighted by Gasteiger charge is 2.14. The van der Waals surface area contributed by atoms with E-state index in [1.54, 1.807) is 22.7 Å². The second-order valence-corrected chi connectivity index (χ2v) is 7.40. The number of rotatable bonds is 6. The van der Waals surface area contributed by atoms with Gasteiger partial charge in [-0.1, -0.05) is 6.92 Å². The second kappa shape index (κ2) is 6.30. The van der Waals surface area contributed by atoms with E-state index in [0.717, 1.165) is 35.8 Å². The maximum Gasteiger partial charge on any atom is 0.130 e. The van der Waals surface area contributed by atoms with Crippen LogP contribution < -0.4 is 10.1 Å². The van der Waals surface area contributed by atoms with Crippen molar-refractivity contribution in [2.24, 2.45) is 0 Å². The van der Waals surface area contributed by atoms with Gasteiger partial charge in [0.1, 0.15) is 11.9 Å². The number of aromatic nitrogens is 1. The molecule has 2 aromatic heterocycles. The molecule has 1 aromatic carbocycles. The van der Waals surface area contributed by atoms with Crippen LogP contribution in [0, 0.1) is 6.92 Å². The third kappa shape index (κ3) is 3.05. The number of thiophene rings is 1. The van der Waals surface area contributed by atoms with E-state index in [4.69, 9.17) is 4.74 Å². The summed E-state index contributed by atoms with van der Waals surface area (Å²) in [5.41, 5.74) is 1.12. The molecule has 0 aliphatic carbocycles. The summed E-state index contributed by atoms with van der Waals surface area (Å²) in [5.74, 6) is 0.980. The minimum atomic E-state index is 0.158. The molecule has 0 radical (unpaired) electrons. The van der Waals surface area contributed by atoms with Gasteiger partial charge in [0.15, 0.2) is 0 Å². The van der Waals surface area contributed by atoms with Gasteiger partial charge < -0.3 is 10.1 Å². The van der Waals surface area contributed by atoms with Crippen molar-refractivity contribution in [1.82, 2.24) is 10.3 Å². The molecule has 0 fully saturated rings. The van der Waals surface area contributed by atoms with Crippen LogP contribution >= 0.6 is 22.7 Å². The summed E-state index contributed by atoms with van der Waals surface area (Å²) in [7, 11) is 0. The summed E-state index contributed by atoms with van der Waals surface area (Å²) in [6.45, 7) is 8.26. The zero-order chi connectivity index (χ0) is 14.8. The van der Waals surface area contributed by atoms with Crippen LogP contribution in [0.25, 0.3) is 20.3 Å². The lowest BCUT2D eigenvalue weighted by atomic mass is 10.2. The fourth-order valence-corrected chi connectivity index (χ4v) is 4.26. The van der Waals surface area contributed by atoms with E-state index >= 15 is 0 Å². The lowest BCUT2D eigenvalue weighted by Crippen LogP contribution is -2.29. The maximum absolute atomic E-state index is 6.17. The molecular weight excluding hydrogens is 300 g/mol. The minimum Gasteiger partial charge on any atom is -0.489 e. The van der Waals surface area contributed by atoms with E-state index in [1.165, 1.54) is 14.8 Å². The van der Waals surface area contributed by atoms with Crippen molar-refractivity contribution < 1.29 is 4.74 Å². The first kappa shape index (κ1) is 14.8. The summed E-state index contributed by atoms with van der Waals surface area (Å²) >= 11 is 3.47. The van der Waals surface area contributed by atoms with E-state index in [1.807, 2.05) is 0 Å². The van der Waals surface area contributed by atoms with Gasteiger partial charge in [0, 0.05) is 18.0 Å². The molecule has 1 N–H and O–H groups in total. The van der Waals surface area contributed by atoms with Crippen molar-refractivity contribution >= 4 is 43.0 Å². The molecule has 3 aromatic rings. The topological polar surface area (TPSA) is 34.1 Å². The maximum atomic E-state index is 6.17. The van der Waals surface area contributed by atoms with Gasteiger partial charge in [0.05, 0.1) is 19.9 Å². The number of ether oxygens (including phenoxy) is 1. The van der Waals surface area contributed by atoms with Gasteiger partial charge in [-0.15, -0.1) is 22.7 Å². The number of fused-ring (bicyclic) bond motifs is 3. The molecule has 0 aliphatic heterocycles. The van der Waals surface area contributed by atoms with Crippen LogP contribution in [0.5, 0.6) is 5.75 Å². The Morgan fingerprint density at radius 1 is 1.43 bits per heavy atom. The highest BCUT2D eigenvalue weighted by molar-refractivity contribution is 7.21. The number of hydrogen-bond donors (Lipinski definition) is 1. The van der Waals surface area contributed by atoms with Crippen LogP contribution in [-0.2, 0) is 0 Å². The number of benzene rings is 1. The Hall–Kier alpha value is -1.17. The highest BCUT2D eigenvalue weighted by Crippen LogP contribution is 2.39. The van der Waals surface area contributed by atoms with Gasteiger partial charge in [-0.2, -0.15) is 0 Å². The number of nitrogens with zero attached hydrogens (tertiary/aromatic N) is 1. The Morgan fingerprint density at radius 2 is 2.29 bits per heavy atom. The quantitative estimate of drug-likeness (QED) is 0.675. The molecule has 1 unspecified atom stereocenters. The van der Waals surface area contributed by atoms with Crippen molar-refractivity contribution in [1.29, 1.82) is 0 Å². The molecule has 3 rings (SSSR count). The standard InChI is InChI=1S/C16H20N2OS2/c1-4-6-17-9-10(2)19-13-8-14-15(18-11(3)21-14)16-12(13)5-7-20-16/h5,7-8,10,17H,4,6,9H2,1-3H3. The third-order valence-corrected chi connectivity index (χ3v) is 5.19. The molecule has 0 aliphatic rings. The summed E-state index contributed by atoms with van der Waals surface area (Å²) < 4.78 is 8.62. The van der Waals surface area contributed by atoms with E-state index in [-0.39, 0.29) is 6.10 Å². The zero-order valence-corrected chi connectivity index (χ0v) is 14.2. The Labute approximate surface area is 133 Å². The van der Waals surface area contributed by atoms with Crippen LogP contribution in [-0.4, -0.2) is 24.2 Å². The SMILES string of the molecule is CCCNCC(C)Oc1cc2sc(C)nc2c2sccc12.